The number of hydrogen-bond acceptors (Lipinski definition) is 3. The summed E-state index contributed by atoms with van der Waals surface area (Å²) >= 11 is 1.90. The Morgan fingerprint density at radius 1 is 1.18 bits per heavy atom. The lowest BCUT2D eigenvalue weighted by molar-refractivity contribution is 0.0416. The first-order chi connectivity index (χ1) is 10.7. The van der Waals surface area contributed by atoms with Gasteiger partial charge in [-0.3, -0.25) is 4.90 Å². The summed E-state index contributed by atoms with van der Waals surface area (Å²) in [5.74, 6) is 0. The first-order valence-electron chi connectivity index (χ1n) is 8.21. The van der Waals surface area contributed by atoms with Crippen LogP contribution in [0.5, 0.6) is 0 Å². The van der Waals surface area contributed by atoms with Gasteiger partial charge in [-0.1, -0.05) is 24.3 Å². The van der Waals surface area contributed by atoms with Crippen molar-refractivity contribution < 1.29 is 5.11 Å². The van der Waals surface area contributed by atoms with Crippen molar-refractivity contribution in [2.75, 3.05) is 13.1 Å². The van der Waals surface area contributed by atoms with Gasteiger partial charge in [-0.15, -0.1) is 11.3 Å². The number of benzene rings is 1. The molecular formula is C19H23NOS. The lowest BCUT2D eigenvalue weighted by Gasteiger charge is -2.42. The Morgan fingerprint density at radius 3 is 2.68 bits per heavy atom. The third-order valence-corrected chi connectivity index (χ3v) is 6.51. The van der Waals surface area contributed by atoms with E-state index in [-0.39, 0.29) is 11.5 Å². The third-order valence-electron chi connectivity index (χ3n) is 5.53. The van der Waals surface area contributed by atoms with Crippen LogP contribution in [-0.4, -0.2) is 29.2 Å². The van der Waals surface area contributed by atoms with Crippen LogP contribution in [-0.2, 0) is 18.4 Å². The Labute approximate surface area is 136 Å². The first-order valence-corrected chi connectivity index (χ1v) is 9.03. The largest absolute Gasteiger partial charge is 0.392 e. The van der Waals surface area contributed by atoms with Gasteiger partial charge in [0.05, 0.1) is 6.10 Å². The summed E-state index contributed by atoms with van der Waals surface area (Å²) in [7, 11) is 0. The van der Waals surface area contributed by atoms with Crippen molar-refractivity contribution in [1.82, 2.24) is 4.90 Å². The van der Waals surface area contributed by atoms with E-state index in [0.717, 1.165) is 38.9 Å². The summed E-state index contributed by atoms with van der Waals surface area (Å²) < 4.78 is 0. The molecule has 4 rings (SSSR count). The molecule has 22 heavy (non-hydrogen) atoms. The number of fused-ring (bicyclic) bond motifs is 2. The van der Waals surface area contributed by atoms with Gasteiger partial charge in [0, 0.05) is 21.7 Å². The van der Waals surface area contributed by atoms with E-state index in [9.17, 15) is 5.11 Å². The highest BCUT2D eigenvalue weighted by atomic mass is 32.1. The fraction of sp³-hybridized carbons (Fsp3) is 0.474. The molecule has 1 atom stereocenters. The molecule has 1 N–H and O–H groups in total. The Morgan fingerprint density at radius 2 is 1.95 bits per heavy atom. The Kier molecular flexibility index (Phi) is 3.60. The second kappa shape index (κ2) is 5.48. The van der Waals surface area contributed by atoms with Crippen LogP contribution in [0, 0.1) is 6.92 Å². The zero-order chi connectivity index (χ0) is 15.2. The van der Waals surface area contributed by atoms with Crippen LogP contribution in [0.25, 0.3) is 0 Å². The number of likely N-dealkylation sites (tertiary alicyclic amines) is 1. The second-order valence-corrected chi connectivity index (χ2v) is 8.19. The van der Waals surface area contributed by atoms with Crippen molar-refractivity contribution in [2.24, 2.45) is 0 Å². The molecule has 1 aliphatic carbocycles. The van der Waals surface area contributed by atoms with E-state index in [1.165, 1.54) is 20.9 Å². The number of thiophene rings is 1. The normalized spacial score (nSPS) is 23.8. The predicted molar refractivity (Wildman–Crippen MR) is 91.4 cm³/mol. The van der Waals surface area contributed by atoms with Crippen molar-refractivity contribution in [3.8, 4) is 0 Å². The van der Waals surface area contributed by atoms with E-state index in [1.54, 1.807) is 0 Å². The fourth-order valence-electron chi connectivity index (χ4n) is 4.27. The standard InChI is InChI=1S/C19H23NOS/c1-14-6-7-16(22-14)13-20-10-8-19(9-11-20)17-5-3-2-4-15(17)12-18(19)21/h2-7,18,21H,8-13H2,1H3/t18-/m1/s1. The monoisotopic (exact) mass is 313 g/mol. The lowest BCUT2D eigenvalue weighted by atomic mass is 9.72. The van der Waals surface area contributed by atoms with Gasteiger partial charge in [-0.05, 0) is 62.5 Å². The van der Waals surface area contributed by atoms with Gasteiger partial charge >= 0.3 is 0 Å². The van der Waals surface area contributed by atoms with Gasteiger partial charge in [0.2, 0.25) is 0 Å². The molecule has 2 aliphatic rings. The van der Waals surface area contributed by atoms with Crippen molar-refractivity contribution >= 4 is 11.3 Å². The number of hydrogen-bond donors (Lipinski definition) is 1. The average molecular weight is 313 g/mol. The van der Waals surface area contributed by atoms with Gasteiger partial charge in [-0.25, -0.2) is 0 Å². The molecule has 0 amide bonds. The Hall–Kier alpha value is -1.16. The molecule has 1 saturated heterocycles. The summed E-state index contributed by atoms with van der Waals surface area (Å²) in [6, 6.07) is 13.1. The minimum Gasteiger partial charge on any atom is -0.392 e. The summed E-state index contributed by atoms with van der Waals surface area (Å²) in [6.07, 6.45) is 2.79. The molecule has 2 aromatic rings. The summed E-state index contributed by atoms with van der Waals surface area (Å²) in [6.45, 7) is 5.40. The van der Waals surface area contributed by atoms with Crippen molar-refractivity contribution in [3.63, 3.8) is 0 Å². The van der Waals surface area contributed by atoms with E-state index >= 15 is 0 Å². The maximum Gasteiger partial charge on any atom is 0.0678 e. The van der Waals surface area contributed by atoms with Crippen molar-refractivity contribution in [3.05, 3.63) is 57.3 Å². The summed E-state index contributed by atoms with van der Waals surface area (Å²) in [5, 5.41) is 10.7. The average Bonchev–Trinajstić information content (AvgIpc) is 3.04. The van der Waals surface area contributed by atoms with Crippen LogP contribution in [0.15, 0.2) is 36.4 Å². The molecule has 1 aromatic carbocycles. The Bertz CT molecular complexity index is 670. The number of aryl methyl sites for hydroxylation is 1. The van der Waals surface area contributed by atoms with E-state index in [1.807, 2.05) is 11.3 Å². The van der Waals surface area contributed by atoms with Crippen molar-refractivity contribution in [2.45, 2.75) is 44.2 Å². The molecular weight excluding hydrogens is 290 g/mol. The highest BCUT2D eigenvalue weighted by molar-refractivity contribution is 7.11. The summed E-state index contributed by atoms with van der Waals surface area (Å²) in [5.41, 5.74) is 2.78. The molecule has 1 aliphatic heterocycles. The smallest absolute Gasteiger partial charge is 0.0678 e. The topological polar surface area (TPSA) is 23.5 Å². The molecule has 1 aromatic heterocycles. The zero-order valence-electron chi connectivity index (χ0n) is 13.1. The van der Waals surface area contributed by atoms with E-state index in [2.05, 4.69) is 48.2 Å². The van der Waals surface area contributed by atoms with Gasteiger partial charge < -0.3 is 5.11 Å². The second-order valence-electron chi connectivity index (χ2n) is 6.82. The minimum absolute atomic E-state index is 0.0124. The van der Waals surface area contributed by atoms with Gasteiger partial charge in [-0.2, -0.15) is 0 Å². The molecule has 1 spiro atoms. The number of aliphatic hydroxyl groups is 1. The fourth-order valence-corrected chi connectivity index (χ4v) is 5.20. The molecule has 1 fully saturated rings. The third kappa shape index (κ3) is 2.32. The molecule has 0 unspecified atom stereocenters. The van der Waals surface area contributed by atoms with Crippen LogP contribution >= 0.6 is 11.3 Å². The number of nitrogens with zero attached hydrogens (tertiary/aromatic N) is 1. The van der Waals surface area contributed by atoms with Crippen LogP contribution < -0.4 is 0 Å². The van der Waals surface area contributed by atoms with E-state index in [0.29, 0.717) is 0 Å². The van der Waals surface area contributed by atoms with Gasteiger partial charge in [0.1, 0.15) is 0 Å². The first kappa shape index (κ1) is 14.4. The number of aliphatic hydroxyl groups excluding tert-OH is 1. The SMILES string of the molecule is Cc1ccc(CN2CCC3(CC2)c2ccccc2C[C@H]3O)s1. The summed E-state index contributed by atoms with van der Waals surface area (Å²) in [4.78, 5) is 5.40. The number of rotatable bonds is 2. The quantitative estimate of drug-likeness (QED) is 0.917. The molecule has 0 saturated carbocycles. The van der Waals surface area contributed by atoms with E-state index < -0.39 is 0 Å². The van der Waals surface area contributed by atoms with Gasteiger partial charge in [0.15, 0.2) is 0 Å². The molecule has 0 bridgehead atoms. The molecule has 116 valence electrons. The zero-order valence-corrected chi connectivity index (χ0v) is 13.9. The number of piperidine rings is 1. The minimum atomic E-state index is -0.198. The molecule has 2 nitrogen and oxygen atoms in total. The molecule has 2 heterocycles. The maximum absolute atomic E-state index is 10.7. The van der Waals surface area contributed by atoms with Crippen molar-refractivity contribution in [1.29, 1.82) is 0 Å². The maximum atomic E-state index is 10.7. The highest BCUT2D eigenvalue weighted by Gasteiger charge is 2.47. The molecule has 0 radical (unpaired) electrons. The Balaban J connectivity index is 1.49. The van der Waals surface area contributed by atoms with E-state index in [4.69, 9.17) is 0 Å². The lowest BCUT2D eigenvalue weighted by Crippen LogP contribution is -2.46. The predicted octanol–water partition coefficient (Wildman–Crippen LogP) is 3.51. The van der Waals surface area contributed by atoms with Crippen LogP contribution in [0.3, 0.4) is 0 Å². The van der Waals surface area contributed by atoms with Crippen LogP contribution in [0.1, 0.15) is 33.7 Å². The molecule has 3 heteroatoms. The van der Waals surface area contributed by atoms with Crippen LogP contribution in [0.4, 0.5) is 0 Å². The van der Waals surface area contributed by atoms with Crippen LogP contribution in [0.2, 0.25) is 0 Å². The highest BCUT2D eigenvalue weighted by Crippen LogP contribution is 2.46. The van der Waals surface area contributed by atoms with Gasteiger partial charge in [0.25, 0.3) is 0 Å².